The van der Waals surface area contributed by atoms with Crippen LogP contribution in [0, 0.1) is 0 Å². The summed E-state index contributed by atoms with van der Waals surface area (Å²) in [7, 11) is 0. The molecule has 1 N–H and O–H groups in total. The molecule has 2 nitrogen and oxygen atoms in total. The zero-order chi connectivity index (χ0) is 14.0. The van der Waals surface area contributed by atoms with Gasteiger partial charge in [0.25, 0.3) is 0 Å². The van der Waals surface area contributed by atoms with Crippen LogP contribution in [0.5, 0.6) is 0 Å². The predicted octanol–water partition coefficient (Wildman–Crippen LogP) is 5.22. The van der Waals surface area contributed by atoms with Gasteiger partial charge in [-0.2, -0.15) is 0 Å². The summed E-state index contributed by atoms with van der Waals surface area (Å²) in [5.41, 5.74) is 0. The van der Waals surface area contributed by atoms with E-state index in [9.17, 15) is 0 Å². The molecule has 1 saturated carbocycles. The van der Waals surface area contributed by atoms with E-state index in [0.29, 0.717) is 12.1 Å². The maximum atomic E-state index is 4.88. The first-order valence-corrected chi connectivity index (χ1v) is 9.23. The smallest absolute Gasteiger partial charge is 0.0970 e. The fraction of sp³-hybridized carbons (Fsp3) is 0.944. The Hall–Kier alpha value is -0.530. The number of hydrogen-bond donors (Lipinski definition) is 1. The van der Waals surface area contributed by atoms with Crippen molar-refractivity contribution in [3.8, 4) is 0 Å². The fourth-order valence-electron chi connectivity index (χ4n) is 3.63. The summed E-state index contributed by atoms with van der Waals surface area (Å²) in [5.74, 6) is 1.32. The van der Waals surface area contributed by atoms with Gasteiger partial charge in [0.1, 0.15) is 0 Å². The molecular formula is C18H34N2. The Morgan fingerprint density at radius 1 is 0.900 bits per heavy atom. The summed E-state index contributed by atoms with van der Waals surface area (Å²) in [6.45, 7) is 2.29. The van der Waals surface area contributed by atoms with Gasteiger partial charge < -0.3 is 5.32 Å². The SMILES string of the molecule is CCCCCCCCCCCC1=N[C@@H]2CCCC[C@H]2N1. The summed E-state index contributed by atoms with van der Waals surface area (Å²) in [5, 5.41) is 3.67. The Morgan fingerprint density at radius 3 is 2.25 bits per heavy atom. The van der Waals surface area contributed by atoms with Crippen molar-refractivity contribution in [2.45, 2.75) is 109 Å². The first-order chi connectivity index (χ1) is 9.90. The zero-order valence-corrected chi connectivity index (χ0v) is 13.5. The van der Waals surface area contributed by atoms with Crippen molar-refractivity contribution in [2.75, 3.05) is 0 Å². The van der Waals surface area contributed by atoms with E-state index in [2.05, 4.69) is 12.2 Å². The Labute approximate surface area is 125 Å². The highest BCUT2D eigenvalue weighted by Crippen LogP contribution is 2.25. The molecule has 1 fully saturated rings. The lowest BCUT2D eigenvalue weighted by atomic mass is 9.92. The minimum atomic E-state index is 0.623. The van der Waals surface area contributed by atoms with Gasteiger partial charge in [-0.3, -0.25) is 4.99 Å². The number of amidine groups is 1. The van der Waals surface area contributed by atoms with E-state index < -0.39 is 0 Å². The third kappa shape index (κ3) is 5.46. The predicted molar refractivity (Wildman–Crippen MR) is 88.5 cm³/mol. The number of unbranched alkanes of at least 4 members (excludes halogenated alkanes) is 8. The molecule has 1 heterocycles. The van der Waals surface area contributed by atoms with E-state index in [0.717, 1.165) is 0 Å². The summed E-state index contributed by atoms with van der Waals surface area (Å²) >= 11 is 0. The molecule has 20 heavy (non-hydrogen) atoms. The lowest BCUT2D eigenvalue weighted by molar-refractivity contribution is 0.384. The molecule has 0 radical (unpaired) electrons. The quantitative estimate of drug-likeness (QED) is 0.544. The van der Waals surface area contributed by atoms with Crippen LogP contribution in [-0.4, -0.2) is 17.9 Å². The second kappa shape index (κ2) is 9.41. The zero-order valence-electron chi connectivity index (χ0n) is 13.5. The van der Waals surface area contributed by atoms with Crippen LogP contribution in [0.3, 0.4) is 0 Å². The topological polar surface area (TPSA) is 24.4 Å². The average Bonchev–Trinajstić information content (AvgIpc) is 2.88. The number of rotatable bonds is 10. The lowest BCUT2D eigenvalue weighted by Crippen LogP contribution is -2.36. The number of nitrogens with zero attached hydrogens (tertiary/aromatic N) is 1. The highest BCUT2D eigenvalue weighted by atomic mass is 15.1. The van der Waals surface area contributed by atoms with Crippen LogP contribution in [0.1, 0.15) is 96.8 Å². The fourth-order valence-corrected chi connectivity index (χ4v) is 3.63. The van der Waals surface area contributed by atoms with Gasteiger partial charge in [0.15, 0.2) is 0 Å². The van der Waals surface area contributed by atoms with E-state index >= 15 is 0 Å². The van der Waals surface area contributed by atoms with Crippen LogP contribution in [0.25, 0.3) is 0 Å². The van der Waals surface area contributed by atoms with E-state index in [1.165, 1.54) is 95.7 Å². The van der Waals surface area contributed by atoms with Gasteiger partial charge in [0, 0.05) is 12.5 Å². The van der Waals surface area contributed by atoms with E-state index in [4.69, 9.17) is 4.99 Å². The van der Waals surface area contributed by atoms with E-state index in [-0.39, 0.29) is 0 Å². The number of hydrogen-bond acceptors (Lipinski definition) is 2. The lowest BCUT2D eigenvalue weighted by Gasteiger charge is -2.23. The number of nitrogens with one attached hydrogen (secondary N) is 1. The standard InChI is InChI=1S/C18H34N2/c1-2-3-4-5-6-7-8-9-10-15-18-19-16-13-11-12-14-17(16)20-18/h16-17H,2-15H2,1H3,(H,19,20)/t16-,17-/m1/s1. The Morgan fingerprint density at radius 2 is 1.55 bits per heavy atom. The Kier molecular flexibility index (Phi) is 7.46. The molecule has 116 valence electrons. The summed E-state index contributed by atoms with van der Waals surface area (Å²) in [4.78, 5) is 4.88. The third-order valence-electron chi connectivity index (χ3n) is 4.92. The summed E-state index contributed by atoms with van der Waals surface area (Å²) in [6.07, 6.45) is 19.4. The molecular weight excluding hydrogens is 244 g/mol. The van der Waals surface area contributed by atoms with Crippen LogP contribution in [0.2, 0.25) is 0 Å². The molecule has 0 aromatic carbocycles. The second-order valence-electron chi connectivity index (χ2n) is 6.76. The largest absolute Gasteiger partial charge is 0.369 e. The maximum Gasteiger partial charge on any atom is 0.0970 e. The van der Waals surface area contributed by atoms with Crippen molar-refractivity contribution in [2.24, 2.45) is 4.99 Å². The van der Waals surface area contributed by atoms with Gasteiger partial charge in [-0.1, -0.05) is 71.1 Å². The molecule has 0 aromatic heterocycles. The van der Waals surface area contributed by atoms with Crippen LogP contribution >= 0.6 is 0 Å². The van der Waals surface area contributed by atoms with E-state index in [1.807, 2.05) is 0 Å². The molecule has 2 heteroatoms. The normalized spacial score (nSPS) is 25.1. The van der Waals surface area contributed by atoms with Crippen LogP contribution in [0.4, 0.5) is 0 Å². The third-order valence-corrected chi connectivity index (χ3v) is 4.92. The van der Waals surface area contributed by atoms with Gasteiger partial charge in [-0.15, -0.1) is 0 Å². The van der Waals surface area contributed by atoms with Gasteiger partial charge in [0.05, 0.1) is 11.9 Å². The first kappa shape index (κ1) is 15.9. The molecule has 0 saturated heterocycles. The van der Waals surface area contributed by atoms with Crippen LogP contribution in [-0.2, 0) is 0 Å². The van der Waals surface area contributed by atoms with Gasteiger partial charge in [-0.25, -0.2) is 0 Å². The van der Waals surface area contributed by atoms with Crippen molar-refractivity contribution in [3.05, 3.63) is 0 Å². The second-order valence-corrected chi connectivity index (χ2v) is 6.76. The molecule has 0 unspecified atom stereocenters. The minimum absolute atomic E-state index is 0.623. The molecule has 0 aromatic rings. The number of fused-ring (bicyclic) bond motifs is 1. The summed E-state index contributed by atoms with van der Waals surface area (Å²) in [6, 6.07) is 1.31. The van der Waals surface area contributed by atoms with Crippen molar-refractivity contribution >= 4 is 5.84 Å². The molecule has 0 bridgehead atoms. The summed E-state index contributed by atoms with van der Waals surface area (Å²) < 4.78 is 0. The molecule has 1 aliphatic carbocycles. The van der Waals surface area contributed by atoms with Gasteiger partial charge in [0.2, 0.25) is 0 Å². The van der Waals surface area contributed by atoms with Crippen molar-refractivity contribution in [1.82, 2.24) is 5.32 Å². The van der Waals surface area contributed by atoms with Crippen LogP contribution < -0.4 is 5.32 Å². The first-order valence-electron chi connectivity index (χ1n) is 9.23. The van der Waals surface area contributed by atoms with Crippen molar-refractivity contribution < 1.29 is 0 Å². The molecule has 1 aliphatic heterocycles. The highest BCUT2D eigenvalue weighted by Gasteiger charge is 2.29. The van der Waals surface area contributed by atoms with Gasteiger partial charge in [-0.05, 0) is 19.3 Å². The molecule has 0 spiro atoms. The van der Waals surface area contributed by atoms with Gasteiger partial charge >= 0.3 is 0 Å². The molecule has 2 rings (SSSR count). The monoisotopic (exact) mass is 278 g/mol. The molecule has 0 amide bonds. The van der Waals surface area contributed by atoms with E-state index in [1.54, 1.807) is 0 Å². The molecule has 2 atom stereocenters. The van der Waals surface area contributed by atoms with Crippen molar-refractivity contribution in [1.29, 1.82) is 0 Å². The maximum absolute atomic E-state index is 4.88. The Bertz CT molecular complexity index is 285. The Balaban J connectivity index is 1.44. The minimum Gasteiger partial charge on any atom is -0.369 e. The molecule has 2 aliphatic rings. The highest BCUT2D eigenvalue weighted by molar-refractivity contribution is 5.84. The average molecular weight is 278 g/mol. The van der Waals surface area contributed by atoms with Crippen LogP contribution in [0.15, 0.2) is 4.99 Å². The van der Waals surface area contributed by atoms with Crippen molar-refractivity contribution in [3.63, 3.8) is 0 Å². The number of aliphatic imine (C=N–C) groups is 1.